The van der Waals surface area contributed by atoms with Crippen LogP contribution in [0.15, 0.2) is 28.7 Å². The van der Waals surface area contributed by atoms with E-state index >= 15 is 0 Å². The van der Waals surface area contributed by atoms with Crippen LogP contribution in [0.25, 0.3) is 0 Å². The van der Waals surface area contributed by atoms with Gasteiger partial charge in [0.05, 0.1) is 23.3 Å². The maximum atomic E-state index is 6.03. The molecule has 0 saturated carbocycles. The van der Waals surface area contributed by atoms with E-state index in [1.165, 1.54) is 0 Å². The molecule has 1 atom stereocenters. The van der Waals surface area contributed by atoms with E-state index in [9.17, 15) is 0 Å². The number of nitrogens with zero attached hydrogens (tertiary/aromatic N) is 2. The summed E-state index contributed by atoms with van der Waals surface area (Å²) in [5, 5.41) is 4.45. The Hall–Kier alpha value is -1.49. The van der Waals surface area contributed by atoms with Crippen LogP contribution in [0.1, 0.15) is 24.2 Å². The zero-order valence-corrected chi connectivity index (χ0v) is 12.2. The number of aryl methyl sites for hydroxylation is 1. The number of methoxy groups -OCH3 is 1. The van der Waals surface area contributed by atoms with Gasteiger partial charge in [0.25, 0.3) is 0 Å². The van der Waals surface area contributed by atoms with E-state index in [4.69, 9.17) is 10.5 Å². The second-order valence-corrected chi connectivity index (χ2v) is 4.97. The molecule has 2 aromatic rings. The fourth-order valence-electron chi connectivity index (χ4n) is 1.88. The summed E-state index contributed by atoms with van der Waals surface area (Å²) in [6.45, 7) is 3.99. The molecule has 1 heterocycles. The van der Waals surface area contributed by atoms with Gasteiger partial charge in [-0.3, -0.25) is 0 Å². The minimum atomic E-state index is 0.0603. The quantitative estimate of drug-likeness (QED) is 0.947. The number of nitrogens with two attached hydrogens (primary N) is 1. The Bertz CT molecular complexity index is 565. The van der Waals surface area contributed by atoms with Crippen molar-refractivity contribution < 1.29 is 4.74 Å². The van der Waals surface area contributed by atoms with Crippen molar-refractivity contribution in [1.29, 1.82) is 0 Å². The molecule has 0 fully saturated rings. The van der Waals surface area contributed by atoms with E-state index in [-0.39, 0.29) is 6.04 Å². The molecule has 2 N–H and O–H groups in total. The molecular formula is C13H16BrN3O. The predicted molar refractivity (Wildman–Crippen MR) is 75.9 cm³/mol. The first kappa shape index (κ1) is 13.0. The number of anilines is 1. The third-order valence-electron chi connectivity index (χ3n) is 2.99. The molecule has 0 spiro atoms. The first-order valence-corrected chi connectivity index (χ1v) is 6.48. The van der Waals surface area contributed by atoms with Crippen LogP contribution in [0.3, 0.4) is 0 Å². The van der Waals surface area contributed by atoms with Gasteiger partial charge < -0.3 is 10.5 Å². The largest absolute Gasteiger partial charge is 0.497 e. The van der Waals surface area contributed by atoms with Gasteiger partial charge in [0.15, 0.2) is 0 Å². The van der Waals surface area contributed by atoms with Crippen LogP contribution in [-0.2, 0) is 0 Å². The van der Waals surface area contributed by atoms with Gasteiger partial charge in [-0.25, -0.2) is 4.68 Å². The zero-order valence-electron chi connectivity index (χ0n) is 10.6. The lowest BCUT2D eigenvalue weighted by Crippen LogP contribution is -2.11. The van der Waals surface area contributed by atoms with Gasteiger partial charge >= 0.3 is 0 Å². The molecule has 5 heteroatoms. The summed E-state index contributed by atoms with van der Waals surface area (Å²) in [5.74, 6) is 1.48. The molecule has 4 nitrogen and oxygen atoms in total. The van der Waals surface area contributed by atoms with Gasteiger partial charge in [0.1, 0.15) is 11.6 Å². The molecule has 1 unspecified atom stereocenters. The number of benzene rings is 1. The topological polar surface area (TPSA) is 53.1 Å². The second-order valence-electron chi connectivity index (χ2n) is 4.18. The number of halogens is 1. The fourth-order valence-corrected chi connectivity index (χ4v) is 2.14. The molecule has 18 heavy (non-hydrogen) atoms. The van der Waals surface area contributed by atoms with Crippen LogP contribution in [0.2, 0.25) is 0 Å². The van der Waals surface area contributed by atoms with Gasteiger partial charge in [-0.1, -0.05) is 12.1 Å². The number of nitrogen functional groups attached to an aromatic ring is 1. The van der Waals surface area contributed by atoms with Crippen molar-refractivity contribution in [3.8, 4) is 5.75 Å². The van der Waals surface area contributed by atoms with Crippen molar-refractivity contribution in [2.24, 2.45) is 0 Å². The van der Waals surface area contributed by atoms with Gasteiger partial charge in [-0.15, -0.1) is 0 Å². The van der Waals surface area contributed by atoms with Crippen molar-refractivity contribution in [3.05, 3.63) is 40.0 Å². The van der Waals surface area contributed by atoms with Gasteiger partial charge in [-0.2, -0.15) is 5.10 Å². The maximum Gasteiger partial charge on any atom is 0.137 e. The van der Waals surface area contributed by atoms with E-state index in [2.05, 4.69) is 28.0 Å². The smallest absolute Gasteiger partial charge is 0.137 e. The minimum Gasteiger partial charge on any atom is -0.497 e. The van der Waals surface area contributed by atoms with Crippen molar-refractivity contribution in [2.45, 2.75) is 19.9 Å². The monoisotopic (exact) mass is 309 g/mol. The molecule has 1 aromatic heterocycles. The van der Waals surface area contributed by atoms with Crippen molar-refractivity contribution in [3.63, 3.8) is 0 Å². The molecule has 96 valence electrons. The average molecular weight is 310 g/mol. The molecule has 0 aliphatic heterocycles. The normalized spacial score (nSPS) is 12.4. The van der Waals surface area contributed by atoms with Crippen molar-refractivity contribution in [2.75, 3.05) is 12.8 Å². The SMILES string of the molecule is COc1cccc(C(C)n2nc(C)c(Br)c2N)c1. The van der Waals surface area contributed by atoms with Crippen LogP contribution in [-0.4, -0.2) is 16.9 Å². The van der Waals surface area contributed by atoms with Crippen LogP contribution in [0.4, 0.5) is 5.82 Å². The third kappa shape index (κ3) is 2.22. The highest BCUT2D eigenvalue weighted by Gasteiger charge is 2.16. The van der Waals surface area contributed by atoms with E-state index in [0.717, 1.165) is 21.5 Å². The van der Waals surface area contributed by atoms with E-state index in [1.807, 2.05) is 35.9 Å². The van der Waals surface area contributed by atoms with Crippen molar-refractivity contribution >= 4 is 21.7 Å². The Morgan fingerprint density at radius 1 is 1.44 bits per heavy atom. The Balaban J connectivity index is 2.40. The summed E-state index contributed by atoms with van der Waals surface area (Å²) in [6, 6.07) is 7.98. The molecule has 0 radical (unpaired) electrons. The number of ether oxygens (including phenoxy) is 1. The van der Waals surface area contributed by atoms with E-state index in [1.54, 1.807) is 7.11 Å². The first-order valence-electron chi connectivity index (χ1n) is 5.68. The third-order valence-corrected chi connectivity index (χ3v) is 3.97. The lowest BCUT2D eigenvalue weighted by atomic mass is 10.1. The highest BCUT2D eigenvalue weighted by atomic mass is 79.9. The highest BCUT2D eigenvalue weighted by molar-refractivity contribution is 9.10. The van der Waals surface area contributed by atoms with Gasteiger partial charge in [-0.05, 0) is 47.5 Å². The zero-order chi connectivity index (χ0) is 13.3. The Morgan fingerprint density at radius 2 is 2.17 bits per heavy atom. The predicted octanol–water partition coefficient (Wildman–Crippen LogP) is 3.15. The Labute approximate surface area is 115 Å². The number of hydrogen-bond acceptors (Lipinski definition) is 3. The molecular weight excluding hydrogens is 294 g/mol. The molecule has 1 aromatic carbocycles. The minimum absolute atomic E-state index is 0.0603. The molecule has 0 amide bonds. The Kier molecular flexibility index (Phi) is 3.61. The van der Waals surface area contributed by atoms with Crippen LogP contribution < -0.4 is 10.5 Å². The summed E-state index contributed by atoms with van der Waals surface area (Å²) < 4.78 is 7.90. The van der Waals surface area contributed by atoms with Gasteiger partial charge in [0, 0.05) is 0 Å². The summed E-state index contributed by atoms with van der Waals surface area (Å²) in [7, 11) is 1.66. The Morgan fingerprint density at radius 3 is 2.72 bits per heavy atom. The fraction of sp³-hybridized carbons (Fsp3) is 0.308. The standard InChI is InChI=1S/C13H16BrN3O/c1-8-12(14)13(15)17(16-8)9(2)10-5-4-6-11(7-10)18-3/h4-7,9H,15H2,1-3H3. The number of hydrogen-bond donors (Lipinski definition) is 1. The van der Waals surface area contributed by atoms with Crippen LogP contribution in [0.5, 0.6) is 5.75 Å². The summed E-state index contributed by atoms with van der Waals surface area (Å²) in [4.78, 5) is 0. The second kappa shape index (κ2) is 5.02. The van der Waals surface area contributed by atoms with Crippen LogP contribution in [0, 0.1) is 6.92 Å². The average Bonchev–Trinajstić information content (AvgIpc) is 2.65. The van der Waals surface area contributed by atoms with Gasteiger partial charge in [0.2, 0.25) is 0 Å². The molecule has 0 saturated heterocycles. The van der Waals surface area contributed by atoms with Crippen LogP contribution >= 0.6 is 15.9 Å². The number of aromatic nitrogens is 2. The first-order chi connectivity index (χ1) is 8.54. The molecule has 0 aliphatic rings. The summed E-state index contributed by atoms with van der Waals surface area (Å²) in [6.07, 6.45) is 0. The summed E-state index contributed by atoms with van der Waals surface area (Å²) >= 11 is 3.44. The lowest BCUT2D eigenvalue weighted by molar-refractivity contribution is 0.413. The number of rotatable bonds is 3. The maximum absolute atomic E-state index is 6.03. The molecule has 2 rings (SSSR count). The lowest BCUT2D eigenvalue weighted by Gasteiger charge is -2.15. The highest BCUT2D eigenvalue weighted by Crippen LogP contribution is 2.29. The van der Waals surface area contributed by atoms with E-state index in [0.29, 0.717) is 5.82 Å². The molecule has 0 bridgehead atoms. The van der Waals surface area contributed by atoms with E-state index < -0.39 is 0 Å². The molecule has 0 aliphatic carbocycles. The summed E-state index contributed by atoms with van der Waals surface area (Å²) in [5.41, 5.74) is 8.03. The van der Waals surface area contributed by atoms with Crippen molar-refractivity contribution in [1.82, 2.24) is 9.78 Å².